The van der Waals surface area contributed by atoms with Gasteiger partial charge < -0.3 is 14.9 Å². The molecule has 0 bridgehead atoms. The first-order valence-electron chi connectivity index (χ1n) is 6.02. The Morgan fingerprint density at radius 2 is 2.18 bits per heavy atom. The number of fused-ring (bicyclic) bond motifs is 3. The Bertz CT molecular complexity index is 569. The summed E-state index contributed by atoms with van der Waals surface area (Å²) in [6.07, 6.45) is 3.58. The van der Waals surface area contributed by atoms with Gasteiger partial charge in [0.2, 0.25) is 0 Å². The number of nitrogens with two attached hydrogens (primary N) is 1. The number of hydrogen-bond acceptors (Lipinski definition) is 3. The molecule has 0 spiro atoms. The molecular weight excluding hydrogens is 214 g/mol. The van der Waals surface area contributed by atoms with Crippen LogP contribution in [0.25, 0.3) is 11.0 Å². The van der Waals surface area contributed by atoms with E-state index in [2.05, 4.69) is 26.0 Å². The van der Waals surface area contributed by atoms with Crippen LogP contribution < -0.4 is 10.5 Å². The van der Waals surface area contributed by atoms with Gasteiger partial charge in [0.1, 0.15) is 5.60 Å². The van der Waals surface area contributed by atoms with Crippen molar-refractivity contribution in [3.8, 4) is 5.75 Å². The standard InChI is InChI=1S/C14H17NO2/c1-14(2)7-9-3-4-11-10(5-6-15)8-16-13(11)12(9)17-14/h3-4,8H,5-7,15H2,1-2H3. The summed E-state index contributed by atoms with van der Waals surface area (Å²) >= 11 is 0. The zero-order chi connectivity index (χ0) is 12.0. The highest BCUT2D eigenvalue weighted by molar-refractivity contribution is 5.88. The Labute approximate surface area is 101 Å². The maximum atomic E-state index is 5.97. The van der Waals surface area contributed by atoms with Gasteiger partial charge in [-0.05, 0) is 32.4 Å². The molecule has 3 rings (SSSR count). The fraction of sp³-hybridized carbons (Fsp3) is 0.429. The van der Waals surface area contributed by atoms with Gasteiger partial charge in [-0.3, -0.25) is 0 Å². The summed E-state index contributed by atoms with van der Waals surface area (Å²) in [5.74, 6) is 0.913. The second-order valence-corrected chi connectivity index (χ2v) is 5.27. The number of ether oxygens (including phenoxy) is 1. The largest absolute Gasteiger partial charge is 0.483 e. The Morgan fingerprint density at radius 3 is 2.94 bits per heavy atom. The normalized spacial score (nSPS) is 17.1. The summed E-state index contributed by atoms with van der Waals surface area (Å²) in [5, 5.41) is 1.13. The highest BCUT2D eigenvalue weighted by atomic mass is 16.5. The molecule has 1 aliphatic heterocycles. The van der Waals surface area contributed by atoms with E-state index in [-0.39, 0.29) is 5.60 Å². The first kappa shape index (κ1) is 10.7. The smallest absolute Gasteiger partial charge is 0.176 e. The molecule has 90 valence electrons. The van der Waals surface area contributed by atoms with E-state index in [0.29, 0.717) is 6.54 Å². The van der Waals surface area contributed by atoms with E-state index < -0.39 is 0 Å². The van der Waals surface area contributed by atoms with Gasteiger partial charge in [-0.15, -0.1) is 0 Å². The van der Waals surface area contributed by atoms with Crippen LogP contribution in [0.5, 0.6) is 5.75 Å². The molecule has 17 heavy (non-hydrogen) atoms. The van der Waals surface area contributed by atoms with Crippen LogP contribution in [0.4, 0.5) is 0 Å². The predicted octanol–water partition coefficient (Wildman–Crippen LogP) is 2.65. The monoisotopic (exact) mass is 231 g/mol. The minimum atomic E-state index is -0.128. The van der Waals surface area contributed by atoms with Crippen LogP contribution in [0.15, 0.2) is 22.8 Å². The Morgan fingerprint density at radius 1 is 1.35 bits per heavy atom. The van der Waals surface area contributed by atoms with Crippen LogP contribution in [-0.2, 0) is 12.8 Å². The third-order valence-electron chi connectivity index (χ3n) is 3.27. The SMILES string of the molecule is CC1(C)Cc2ccc3c(CCN)coc3c2O1. The maximum absolute atomic E-state index is 5.97. The molecule has 2 aromatic rings. The quantitative estimate of drug-likeness (QED) is 0.864. The van der Waals surface area contributed by atoms with E-state index in [0.717, 1.165) is 29.6 Å². The van der Waals surface area contributed by atoms with Crippen LogP contribution in [0.3, 0.4) is 0 Å². The van der Waals surface area contributed by atoms with Crippen molar-refractivity contribution in [1.29, 1.82) is 0 Å². The molecule has 0 radical (unpaired) electrons. The van der Waals surface area contributed by atoms with Crippen LogP contribution in [0.1, 0.15) is 25.0 Å². The highest BCUT2D eigenvalue weighted by Gasteiger charge is 2.32. The topological polar surface area (TPSA) is 48.4 Å². The number of furan rings is 1. The molecule has 1 aromatic heterocycles. The van der Waals surface area contributed by atoms with Crippen molar-refractivity contribution < 1.29 is 9.15 Å². The van der Waals surface area contributed by atoms with E-state index in [1.54, 1.807) is 6.26 Å². The van der Waals surface area contributed by atoms with E-state index in [1.807, 2.05) is 0 Å². The maximum Gasteiger partial charge on any atom is 0.176 e. The van der Waals surface area contributed by atoms with Gasteiger partial charge >= 0.3 is 0 Å². The molecule has 3 nitrogen and oxygen atoms in total. The van der Waals surface area contributed by atoms with Crippen molar-refractivity contribution in [2.75, 3.05) is 6.54 Å². The van der Waals surface area contributed by atoms with E-state index >= 15 is 0 Å². The average molecular weight is 231 g/mol. The fourth-order valence-corrected chi connectivity index (χ4v) is 2.54. The van der Waals surface area contributed by atoms with Crippen molar-refractivity contribution in [1.82, 2.24) is 0 Å². The molecule has 2 N–H and O–H groups in total. The Kier molecular flexibility index (Phi) is 2.20. The van der Waals surface area contributed by atoms with Crippen molar-refractivity contribution in [2.45, 2.75) is 32.3 Å². The minimum absolute atomic E-state index is 0.128. The molecule has 0 amide bonds. The third kappa shape index (κ3) is 1.62. The van der Waals surface area contributed by atoms with Gasteiger partial charge in [-0.2, -0.15) is 0 Å². The Hall–Kier alpha value is -1.48. The van der Waals surface area contributed by atoms with Gasteiger partial charge in [-0.1, -0.05) is 12.1 Å². The summed E-state index contributed by atoms with van der Waals surface area (Å²) < 4.78 is 11.6. The van der Waals surface area contributed by atoms with E-state index in [4.69, 9.17) is 14.9 Å². The zero-order valence-electron chi connectivity index (χ0n) is 10.2. The lowest BCUT2D eigenvalue weighted by atomic mass is 10.0. The van der Waals surface area contributed by atoms with Gasteiger partial charge in [0.15, 0.2) is 11.3 Å². The van der Waals surface area contributed by atoms with Crippen LogP contribution in [-0.4, -0.2) is 12.1 Å². The second kappa shape index (κ2) is 3.50. The van der Waals surface area contributed by atoms with Crippen LogP contribution in [0.2, 0.25) is 0 Å². The van der Waals surface area contributed by atoms with Crippen molar-refractivity contribution >= 4 is 11.0 Å². The highest BCUT2D eigenvalue weighted by Crippen LogP contribution is 2.41. The van der Waals surface area contributed by atoms with Crippen molar-refractivity contribution in [2.24, 2.45) is 5.73 Å². The fourth-order valence-electron chi connectivity index (χ4n) is 2.54. The molecule has 1 aromatic carbocycles. The van der Waals surface area contributed by atoms with Crippen molar-refractivity contribution in [3.05, 3.63) is 29.5 Å². The van der Waals surface area contributed by atoms with Gasteiger partial charge in [0.25, 0.3) is 0 Å². The van der Waals surface area contributed by atoms with Gasteiger partial charge in [0.05, 0.1) is 6.26 Å². The summed E-state index contributed by atoms with van der Waals surface area (Å²) in [4.78, 5) is 0. The molecule has 0 unspecified atom stereocenters. The summed E-state index contributed by atoms with van der Waals surface area (Å²) in [7, 11) is 0. The molecule has 2 heterocycles. The number of benzene rings is 1. The minimum Gasteiger partial charge on any atom is -0.483 e. The Balaban J connectivity index is 2.15. The molecule has 1 aliphatic rings. The molecule has 0 atom stereocenters. The summed E-state index contributed by atoms with van der Waals surface area (Å²) in [5.41, 5.74) is 8.74. The molecule has 0 fully saturated rings. The third-order valence-corrected chi connectivity index (χ3v) is 3.27. The second-order valence-electron chi connectivity index (χ2n) is 5.27. The molecular formula is C14H17NO2. The molecule has 0 saturated carbocycles. The van der Waals surface area contributed by atoms with E-state index in [1.165, 1.54) is 11.1 Å². The first-order chi connectivity index (χ1) is 8.11. The summed E-state index contributed by atoms with van der Waals surface area (Å²) in [6.45, 7) is 4.84. The number of hydrogen-bond donors (Lipinski definition) is 1. The van der Waals surface area contributed by atoms with Gasteiger partial charge in [0, 0.05) is 17.4 Å². The molecule has 3 heteroatoms. The zero-order valence-corrected chi connectivity index (χ0v) is 10.2. The average Bonchev–Trinajstić information content (AvgIpc) is 2.78. The van der Waals surface area contributed by atoms with E-state index in [9.17, 15) is 0 Å². The number of rotatable bonds is 2. The lowest BCUT2D eigenvalue weighted by Crippen LogP contribution is -2.24. The lowest BCUT2D eigenvalue weighted by Gasteiger charge is -2.16. The van der Waals surface area contributed by atoms with Crippen LogP contribution in [0, 0.1) is 0 Å². The van der Waals surface area contributed by atoms with Gasteiger partial charge in [-0.25, -0.2) is 0 Å². The predicted molar refractivity (Wildman–Crippen MR) is 67.4 cm³/mol. The molecule has 0 saturated heterocycles. The molecule has 0 aliphatic carbocycles. The van der Waals surface area contributed by atoms with Crippen molar-refractivity contribution in [3.63, 3.8) is 0 Å². The first-order valence-corrected chi connectivity index (χ1v) is 6.02. The van der Waals surface area contributed by atoms with Crippen LogP contribution >= 0.6 is 0 Å². The lowest BCUT2D eigenvalue weighted by molar-refractivity contribution is 0.139. The summed E-state index contributed by atoms with van der Waals surface area (Å²) in [6, 6.07) is 4.26.